The number of aromatic nitrogens is 3. The summed E-state index contributed by atoms with van der Waals surface area (Å²) in [5.74, 6) is 1.68. The second-order valence-electron chi connectivity index (χ2n) is 5.54. The number of hydrogen-bond acceptors (Lipinski definition) is 4. The molecular weight excluding hydrogens is 240 g/mol. The molecule has 0 aliphatic carbocycles. The number of aromatic amines is 1. The minimum Gasteiger partial charge on any atom is -0.375 e. The van der Waals surface area contributed by atoms with Crippen LogP contribution in [0, 0.1) is 5.92 Å². The zero-order valence-electron chi connectivity index (χ0n) is 11.5. The van der Waals surface area contributed by atoms with Crippen LogP contribution in [-0.4, -0.2) is 41.0 Å². The highest BCUT2D eigenvalue weighted by molar-refractivity contribution is 5.89. The van der Waals surface area contributed by atoms with E-state index >= 15 is 0 Å². The largest absolute Gasteiger partial charge is 0.375 e. The Morgan fingerprint density at radius 1 is 1.53 bits per heavy atom. The second kappa shape index (κ2) is 5.17. The van der Waals surface area contributed by atoms with Gasteiger partial charge in [-0.25, -0.2) is 0 Å². The minimum absolute atomic E-state index is 0.308. The van der Waals surface area contributed by atoms with Crippen molar-refractivity contribution in [3.63, 3.8) is 0 Å². The fourth-order valence-corrected chi connectivity index (χ4v) is 2.67. The smallest absolute Gasteiger partial charge is 0.158 e. The van der Waals surface area contributed by atoms with Gasteiger partial charge >= 0.3 is 0 Å². The number of morpholine rings is 1. The number of ether oxygens (including phenoxy) is 1. The third-order valence-corrected chi connectivity index (χ3v) is 3.52. The number of fused-ring (bicyclic) bond motifs is 1. The Hall–Kier alpha value is -1.62. The van der Waals surface area contributed by atoms with E-state index in [1.165, 1.54) is 0 Å². The van der Waals surface area contributed by atoms with Gasteiger partial charge in [-0.2, -0.15) is 5.10 Å². The van der Waals surface area contributed by atoms with Gasteiger partial charge in [0.1, 0.15) is 0 Å². The molecule has 3 rings (SSSR count). The van der Waals surface area contributed by atoms with E-state index in [4.69, 9.17) is 4.74 Å². The van der Waals surface area contributed by atoms with Gasteiger partial charge in [-0.1, -0.05) is 13.8 Å². The molecule has 2 aromatic rings. The molecule has 2 aromatic heterocycles. The lowest BCUT2D eigenvalue weighted by atomic mass is 10.0. The Balaban J connectivity index is 1.81. The Morgan fingerprint density at radius 2 is 2.42 bits per heavy atom. The van der Waals surface area contributed by atoms with Crippen molar-refractivity contribution in [2.24, 2.45) is 5.92 Å². The average Bonchev–Trinajstić information content (AvgIpc) is 2.82. The first-order valence-corrected chi connectivity index (χ1v) is 6.88. The van der Waals surface area contributed by atoms with Crippen molar-refractivity contribution in [1.29, 1.82) is 0 Å². The molecule has 1 aliphatic heterocycles. The molecule has 0 amide bonds. The summed E-state index contributed by atoms with van der Waals surface area (Å²) in [6.45, 7) is 7.06. The standard InChI is InChI=1S/C14H20N4O/c1-10(2)7-11-9-18(5-6-19-11)14-12-3-4-15-8-13(12)16-17-14/h3-4,8,10-11H,5-7,9H2,1-2H3,(H,16,17). The highest BCUT2D eigenvalue weighted by Crippen LogP contribution is 2.25. The summed E-state index contributed by atoms with van der Waals surface area (Å²) in [7, 11) is 0. The molecule has 1 aliphatic rings. The van der Waals surface area contributed by atoms with Crippen LogP contribution in [0.5, 0.6) is 0 Å². The Bertz CT molecular complexity index is 551. The SMILES string of the molecule is CC(C)CC1CN(c2n[nH]c3cnccc23)CCO1. The molecule has 1 unspecified atom stereocenters. The first-order valence-electron chi connectivity index (χ1n) is 6.88. The lowest BCUT2D eigenvalue weighted by Gasteiger charge is -2.34. The van der Waals surface area contributed by atoms with Crippen molar-refractivity contribution < 1.29 is 4.74 Å². The molecule has 0 saturated carbocycles. The van der Waals surface area contributed by atoms with E-state index in [-0.39, 0.29) is 0 Å². The van der Waals surface area contributed by atoms with Crippen molar-refractivity contribution in [3.05, 3.63) is 18.5 Å². The lowest BCUT2D eigenvalue weighted by Crippen LogP contribution is -2.43. The van der Waals surface area contributed by atoms with E-state index in [0.29, 0.717) is 12.0 Å². The molecule has 1 saturated heterocycles. The van der Waals surface area contributed by atoms with E-state index in [2.05, 4.69) is 33.9 Å². The van der Waals surface area contributed by atoms with Crippen LogP contribution in [0.3, 0.4) is 0 Å². The van der Waals surface area contributed by atoms with E-state index in [9.17, 15) is 0 Å². The quantitative estimate of drug-likeness (QED) is 0.919. The lowest BCUT2D eigenvalue weighted by molar-refractivity contribution is 0.0274. The number of anilines is 1. The van der Waals surface area contributed by atoms with E-state index in [1.807, 2.05) is 18.5 Å². The number of nitrogens with zero attached hydrogens (tertiary/aromatic N) is 3. The monoisotopic (exact) mass is 260 g/mol. The third kappa shape index (κ3) is 2.56. The second-order valence-corrected chi connectivity index (χ2v) is 5.54. The summed E-state index contributed by atoms with van der Waals surface area (Å²) in [6.07, 6.45) is 5.04. The van der Waals surface area contributed by atoms with Crippen molar-refractivity contribution in [2.45, 2.75) is 26.4 Å². The highest BCUT2D eigenvalue weighted by atomic mass is 16.5. The highest BCUT2D eigenvalue weighted by Gasteiger charge is 2.24. The van der Waals surface area contributed by atoms with Gasteiger partial charge in [0.25, 0.3) is 0 Å². The van der Waals surface area contributed by atoms with E-state index in [0.717, 1.165) is 42.8 Å². The molecule has 19 heavy (non-hydrogen) atoms. The predicted molar refractivity (Wildman–Crippen MR) is 75.3 cm³/mol. The molecule has 0 bridgehead atoms. The number of nitrogens with one attached hydrogen (secondary N) is 1. The minimum atomic E-state index is 0.308. The summed E-state index contributed by atoms with van der Waals surface area (Å²) in [5, 5.41) is 8.62. The van der Waals surface area contributed by atoms with Crippen LogP contribution < -0.4 is 4.90 Å². The molecule has 5 nitrogen and oxygen atoms in total. The molecule has 0 aromatic carbocycles. The Labute approximate surface area is 113 Å². The number of hydrogen-bond donors (Lipinski definition) is 1. The van der Waals surface area contributed by atoms with Crippen molar-refractivity contribution >= 4 is 16.7 Å². The maximum absolute atomic E-state index is 5.84. The van der Waals surface area contributed by atoms with Gasteiger partial charge in [-0.3, -0.25) is 10.1 Å². The number of rotatable bonds is 3. The molecule has 0 radical (unpaired) electrons. The summed E-state index contributed by atoms with van der Waals surface area (Å²) in [4.78, 5) is 6.43. The molecule has 1 fully saturated rings. The maximum atomic E-state index is 5.84. The van der Waals surface area contributed by atoms with Gasteiger partial charge in [-0.15, -0.1) is 0 Å². The fraction of sp³-hybridized carbons (Fsp3) is 0.571. The fourth-order valence-electron chi connectivity index (χ4n) is 2.67. The first-order chi connectivity index (χ1) is 9.24. The van der Waals surface area contributed by atoms with Crippen LogP contribution >= 0.6 is 0 Å². The summed E-state index contributed by atoms with van der Waals surface area (Å²) < 4.78 is 5.84. The van der Waals surface area contributed by atoms with Gasteiger partial charge in [0.2, 0.25) is 0 Å². The van der Waals surface area contributed by atoms with Crippen LogP contribution in [0.15, 0.2) is 18.5 Å². The van der Waals surface area contributed by atoms with Gasteiger partial charge in [-0.05, 0) is 18.4 Å². The van der Waals surface area contributed by atoms with Crippen LogP contribution in [-0.2, 0) is 4.74 Å². The molecule has 3 heterocycles. The zero-order chi connectivity index (χ0) is 13.2. The molecular formula is C14H20N4O. The topological polar surface area (TPSA) is 54.0 Å². The Morgan fingerprint density at radius 3 is 3.26 bits per heavy atom. The van der Waals surface area contributed by atoms with Crippen molar-refractivity contribution in [2.75, 3.05) is 24.6 Å². The molecule has 5 heteroatoms. The summed E-state index contributed by atoms with van der Waals surface area (Å²) in [5.41, 5.74) is 0.990. The van der Waals surface area contributed by atoms with Crippen molar-refractivity contribution in [1.82, 2.24) is 15.2 Å². The van der Waals surface area contributed by atoms with Crippen LogP contribution in [0.4, 0.5) is 5.82 Å². The van der Waals surface area contributed by atoms with E-state index in [1.54, 1.807) is 0 Å². The maximum Gasteiger partial charge on any atom is 0.158 e. The van der Waals surface area contributed by atoms with Gasteiger partial charge < -0.3 is 9.64 Å². The zero-order valence-corrected chi connectivity index (χ0v) is 11.5. The number of H-pyrrole nitrogens is 1. The van der Waals surface area contributed by atoms with Gasteiger partial charge in [0.05, 0.1) is 24.4 Å². The first kappa shape index (κ1) is 12.4. The van der Waals surface area contributed by atoms with Crippen LogP contribution in [0.2, 0.25) is 0 Å². The number of pyridine rings is 1. The third-order valence-electron chi connectivity index (χ3n) is 3.52. The Kier molecular flexibility index (Phi) is 3.38. The average molecular weight is 260 g/mol. The molecule has 1 N–H and O–H groups in total. The van der Waals surface area contributed by atoms with Crippen molar-refractivity contribution in [3.8, 4) is 0 Å². The molecule has 102 valence electrons. The van der Waals surface area contributed by atoms with E-state index < -0.39 is 0 Å². The molecule has 1 atom stereocenters. The normalized spacial score (nSPS) is 20.4. The van der Waals surface area contributed by atoms with Crippen LogP contribution in [0.1, 0.15) is 20.3 Å². The summed E-state index contributed by atoms with van der Waals surface area (Å²) >= 11 is 0. The predicted octanol–water partition coefficient (Wildman–Crippen LogP) is 2.21. The summed E-state index contributed by atoms with van der Waals surface area (Å²) in [6, 6.07) is 2.01. The van der Waals surface area contributed by atoms with Crippen LogP contribution in [0.25, 0.3) is 10.9 Å². The van der Waals surface area contributed by atoms with Gasteiger partial charge in [0, 0.05) is 24.7 Å². The van der Waals surface area contributed by atoms with Gasteiger partial charge in [0.15, 0.2) is 5.82 Å². The molecule has 0 spiro atoms.